The predicted molar refractivity (Wildman–Crippen MR) is 100 cm³/mol. The first kappa shape index (κ1) is 18.1. The summed E-state index contributed by atoms with van der Waals surface area (Å²) in [4.78, 5) is 26.2. The Morgan fingerprint density at radius 1 is 1.15 bits per heavy atom. The highest BCUT2D eigenvalue weighted by Gasteiger charge is 2.23. The Balaban J connectivity index is 1.85. The van der Waals surface area contributed by atoms with Gasteiger partial charge in [0.25, 0.3) is 5.91 Å². The lowest BCUT2D eigenvalue weighted by Crippen LogP contribution is -2.24. The van der Waals surface area contributed by atoms with Crippen LogP contribution in [0.3, 0.4) is 0 Å². The normalized spacial score (nSPS) is 14.5. The Labute approximate surface area is 152 Å². The van der Waals surface area contributed by atoms with E-state index in [4.69, 9.17) is 0 Å². The van der Waals surface area contributed by atoms with Gasteiger partial charge >= 0.3 is 0 Å². The Hall–Kier alpha value is -2.67. The average Bonchev–Trinajstić information content (AvgIpc) is 3.00. The lowest BCUT2D eigenvalue weighted by atomic mass is 10.1. The second-order valence-corrected chi connectivity index (χ2v) is 8.36. The standard InChI is InChI=1S/C19H20N2O4S/c1-13-12-14(9-10-16(13)21-11-5-8-18(21)22)20-19(23)15-6-3-4-7-17(15)26(2,24)25/h3-4,6-7,9-10,12H,5,8,11H2,1-2H3,(H,20,23). The first-order valence-electron chi connectivity index (χ1n) is 8.29. The number of nitrogens with zero attached hydrogens (tertiary/aromatic N) is 1. The van der Waals surface area contributed by atoms with Crippen molar-refractivity contribution in [2.75, 3.05) is 23.0 Å². The summed E-state index contributed by atoms with van der Waals surface area (Å²) in [5.74, 6) is -0.387. The molecule has 0 spiro atoms. The minimum Gasteiger partial charge on any atom is -0.322 e. The molecule has 26 heavy (non-hydrogen) atoms. The van der Waals surface area contributed by atoms with Crippen LogP contribution in [-0.4, -0.2) is 33.0 Å². The van der Waals surface area contributed by atoms with E-state index >= 15 is 0 Å². The first-order valence-corrected chi connectivity index (χ1v) is 10.2. The van der Waals surface area contributed by atoms with Gasteiger partial charge in [-0.15, -0.1) is 0 Å². The van der Waals surface area contributed by atoms with E-state index in [2.05, 4.69) is 5.32 Å². The van der Waals surface area contributed by atoms with Crippen molar-refractivity contribution in [1.29, 1.82) is 0 Å². The lowest BCUT2D eigenvalue weighted by Gasteiger charge is -2.19. The van der Waals surface area contributed by atoms with Crippen LogP contribution in [0.15, 0.2) is 47.4 Å². The van der Waals surface area contributed by atoms with Crippen molar-refractivity contribution >= 4 is 33.0 Å². The zero-order valence-electron chi connectivity index (χ0n) is 14.7. The van der Waals surface area contributed by atoms with Gasteiger partial charge in [-0.1, -0.05) is 12.1 Å². The summed E-state index contributed by atoms with van der Waals surface area (Å²) in [6, 6.07) is 11.4. The van der Waals surface area contributed by atoms with Crippen LogP contribution in [-0.2, 0) is 14.6 Å². The molecule has 1 fully saturated rings. The van der Waals surface area contributed by atoms with E-state index < -0.39 is 15.7 Å². The highest BCUT2D eigenvalue weighted by Crippen LogP contribution is 2.28. The second kappa shape index (κ2) is 6.92. The van der Waals surface area contributed by atoms with Crippen LogP contribution in [0.5, 0.6) is 0 Å². The highest BCUT2D eigenvalue weighted by molar-refractivity contribution is 7.90. The summed E-state index contributed by atoms with van der Waals surface area (Å²) < 4.78 is 23.7. The quantitative estimate of drug-likeness (QED) is 0.894. The molecule has 1 saturated heterocycles. The Morgan fingerprint density at radius 3 is 2.50 bits per heavy atom. The minimum atomic E-state index is -3.51. The first-order chi connectivity index (χ1) is 12.3. The van der Waals surface area contributed by atoms with Crippen molar-refractivity contribution in [3.63, 3.8) is 0 Å². The monoisotopic (exact) mass is 372 g/mol. The van der Waals surface area contributed by atoms with E-state index in [0.717, 1.165) is 23.9 Å². The van der Waals surface area contributed by atoms with Crippen LogP contribution in [0.25, 0.3) is 0 Å². The molecule has 0 aliphatic carbocycles. The van der Waals surface area contributed by atoms with Crippen LogP contribution >= 0.6 is 0 Å². The molecule has 1 aliphatic rings. The van der Waals surface area contributed by atoms with Gasteiger partial charge in [-0.2, -0.15) is 0 Å². The van der Waals surface area contributed by atoms with Crippen LogP contribution in [0.4, 0.5) is 11.4 Å². The molecule has 6 nitrogen and oxygen atoms in total. The molecule has 1 heterocycles. The predicted octanol–water partition coefficient (Wildman–Crippen LogP) is 2.78. The van der Waals surface area contributed by atoms with E-state index in [0.29, 0.717) is 18.7 Å². The third-order valence-corrected chi connectivity index (χ3v) is 5.50. The number of hydrogen-bond acceptors (Lipinski definition) is 4. The Kier molecular flexibility index (Phi) is 4.82. The van der Waals surface area contributed by atoms with Gasteiger partial charge in [0, 0.05) is 30.6 Å². The molecule has 0 unspecified atom stereocenters. The number of benzene rings is 2. The van der Waals surface area contributed by atoms with Gasteiger partial charge in [0.15, 0.2) is 9.84 Å². The number of sulfone groups is 1. The zero-order chi connectivity index (χ0) is 18.9. The third-order valence-electron chi connectivity index (χ3n) is 4.35. The zero-order valence-corrected chi connectivity index (χ0v) is 15.5. The molecule has 0 atom stereocenters. The van der Waals surface area contributed by atoms with Gasteiger partial charge in [-0.05, 0) is 49.2 Å². The van der Waals surface area contributed by atoms with Crippen LogP contribution in [0, 0.1) is 6.92 Å². The molecular weight excluding hydrogens is 352 g/mol. The molecule has 0 radical (unpaired) electrons. The number of anilines is 2. The molecule has 7 heteroatoms. The molecule has 2 aromatic carbocycles. The number of nitrogens with one attached hydrogen (secondary N) is 1. The summed E-state index contributed by atoms with van der Waals surface area (Å²) >= 11 is 0. The largest absolute Gasteiger partial charge is 0.322 e. The maximum atomic E-state index is 12.5. The molecule has 0 bridgehead atoms. The number of carbonyl (C=O) groups is 2. The summed E-state index contributed by atoms with van der Waals surface area (Å²) in [6.45, 7) is 2.58. The maximum absolute atomic E-state index is 12.5. The molecule has 0 saturated carbocycles. The van der Waals surface area contributed by atoms with E-state index in [1.165, 1.54) is 12.1 Å². The Bertz CT molecular complexity index is 983. The van der Waals surface area contributed by atoms with E-state index in [1.54, 1.807) is 35.2 Å². The smallest absolute Gasteiger partial charge is 0.256 e. The van der Waals surface area contributed by atoms with E-state index in [9.17, 15) is 18.0 Å². The van der Waals surface area contributed by atoms with Crippen molar-refractivity contribution in [1.82, 2.24) is 0 Å². The fourth-order valence-electron chi connectivity index (χ4n) is 3.11. The minimum absolute atomic E-state index is 0.00601. The molecule has 2 aromatic rings. The van der Waals surface area contributed by atoms with Gasteiger partial charge in [-0.3, -0.25) is 9.59 Å². The van der Waals surface area contributed by atoms with Crippen molar-refractivity contribution in [3.8, 4) is 0 Å². The fraction of sp³-hybridized carbons (Fsp3) is 0.263. The molecular formula is C19H20N2O4S. The number of amides is 2. The number of carbonyl (C=O) groups excluding carboxylic acids is 2. The molecule has 1 N–H and O–H groups in total. The third kappa shape index (κ3) is 3.62. The molecule has 1 aliphatic heterocycles. The number of aryl methyl sites for hydroxylation is 1. The van der Waals surface area contributed by atoms with Gasteiger partial charge < -0.3 is 10.2 Å². The van der Waals surface area contributed by atoms with Crippen LogP contribution < -0.4 is 10.2 Å². The summed E-state index contributed by atoms with van der Waals surface area (Å²) in [5, 5.41) is 2.73. The topological polar surface area (TPSA) is 83.6 Å². The molecule has 136 valence electrons. The fourth-order valence-corrected chi connectivity index (χ4v) is 4.00. The number of hydrogen-bond donors (Lipinski definition) is 1. The molecule has 2 amide bonds. The van der Waals surface area contributed by atoms with Crippen LogP contribution in [0.2, 0.25) is 0 Å². The average molecular weight is 372 g/mol. The van der Waals surface area contributed by atoms with Crippen molar-refractivity contribution in [2.24, 2.45) is 0 Å². The van der Waals surface area contributed by atoms with Crippen molar-refractivity contribution < 1.29 is 18.0 Å². The van der Waals surface area contributed by atoms with Gasteiger partial charge in [-0.25, -0.2) is 8.42 Å². The summed E-state index contributed by atoms with van der Waals surface area (Å²) in [7, 11) is -3.51. The van der Waals surface area contributed by atoms with E-state index in [-0.39, 0.29) is 16.4 Å². The van der Waals surface area contributed by atoms with Crippen molar-refractivity contribution in [3.05, 3.63) is 53.6 Å². The summed E-state index contributed by atoms with van der Waals surface area (Å²) in [6.07, 6.45) is 2.48. The molecule has 0 aromatic heterocycles. The second-order valence-electron chi connectivity index (χ2n) is 6.37. The highest BCUT2D eigenvalue weighted by atomic mass is 32.2. The van der Waals surface area contributed by atoms with Gasteiger partial charge in [0.1, 0.15) is 0 Å². The Morgan fingerprint density at radius 2 is 1.88 bits per heavy atom. The van der Waals surface area contributed by atoms with Gasteiger partial charge in [0.05, 0.1) is 10.5 Å². The number of rotatable bonds is 4. The van der Waals surface area contributed by atoms with Gasteiger partial charge in [0.2, 0.25) is 5.91 Å². The molecule has 3 rings (SSSR count). The SMILES string of the molecule is Cc1cc(NC(=O)c2ccccc2S(C)(=O)=O)ccc1N1CCCC1=O. The van der Waals surface area contributed by atoms with E-state index in [1.807, 2.05) is 6.92 Å². The van der Waals surface area contributed by atoms with Crippen LogP contribution in [0.1, 0.15) is 28.8 Å². The summed E-state index contributed by atoms with van der Waals surface area (Å²) in [5.41, 5.74) is 2.36. The van der Waals surface area contributed by atoms with Crippen molar-refractivity contribution in [2.45, 2.75) is 24.7 Å². The lowest BCUT2D eigenvalue weighted by molar-refractivity contribution is -0.117. The maximum Gasteiger partial charge on any atom is 0.256 e.